The summed E-state index contributed by atoms with van der Waals surface area (Å²) in [6.07, 6.45) is 0.0596. The van der Waals surface area contributed by atoms with E-state index in [4.69, 9.17) is 14.2 Å². The van der Waals surface area contributed by atoms with Crippen molar-refractivity contribution in [1.82, 2.24) is 5.32 Å². The van der Waals surface area contributed by atoms with Gasteiger partial charge in [0.25, 0.3) is 5.91 Å². The highest BCUT2D eigenvalue weighted by Gasteiger charge is 2.22. The van der Waals surface area contributed by atoms with Crippen molar-refractivity contribution >= 4 is 5.91 Å². The molecule has 5 heteroatoms. The van der Waals surface area contributed by atoms with Crippen LogP contribution in [0.15, 0.2) is 42.5 Å². The van der Waals surface area contributed by atoms with E-state index in [0.717, 1.165) is 28.4 Å². The fourth-order valence-corrected chi connectivity index (χ4v) is 2.88. The number of carbonyl (C=O) groups excluding carboxylic acids is 1. The molecule has 0 bridgehead atoms. The molecule has 0 radical (unpaired) electrons. The number of carbonyl (C=O) groups is 1. The van der Waals surface area contributed by atoms with Gasteiger partial charge in [-0.1, -0.05) is 31.2 Å². The van der Waals surface area contributed by atoms with Crippen molar-refractivity contribution in [2.45, 2.75) is 39.3 Å². The van der Waals surface area contributed by atoms with Crippen molar-refractivity contribution in [3.05, 3.63) is 53.6 Å². The molecule has 2 aromatic rings. The fourth-order valence-electron chi connectivity index (χ4n) is 2.88. The molecular formula is C21H25NO4. The largest absolute Gasteiger partial charge is 0.486 e. The number of nitrogens with one attached hydrogen (secondary N) is 1. The number of hydrogen-bond acceptors (Lipinski definition) is 4. The molecule has 1 heterocycles. The van der Waals surface area contributed by atoms with Gasteiger partial charge in [0.1, 0.15) is 19.0 Å². The van der Waals surface area contributed by atoms with Gasteiger partial charge in [-0.25, -0.2) is 0 Å². The van der Waals surface area contributed by atoms with Crippen LogP contribution in [0, 0.1) is 6.92 Å². The number of ether oxygens (including phenoxy) is 3. The Bertz CT molecular complexity index is 774. The zero-order valence-electron chi connectivity index (χ0n) is 15.5. The molecule has 1 amide bonds. The number of hydrogen-bond donors (Lipinski definition) is 1. The Morgan fingerprint density at radius 3 is 2.62 bits per heavy atom. The topological polar surface area (TPSA) is 56.8 Å². The Balaban J connectivity index is 1.66. The van der Waals surface area contributed by atoms with Gasteiger partial charge >= 0.3 is 0 Å². The van der Waals surface area contributed by atoms with Gasteiger partial charge in [0.2, 0.25) is 0 Å². The molecule has 1 aliphatic rings. The minimum atomic E-state index is -0.532. The Labute approximate surface area is 154 Å². The summed E-state index contributed by atoms with van der Waals surface area (Å²) in [5, 5.41) is 3.03. The van der Waals surface area contributed by atoms with Gasteiger partial charge in [-0.3, -0.25) is 4.79 Å². The lowest BCUT2D eigenvalue weighted by Crippen LogP contribution is -2.39. The zero-order valence-corrected chi connectivity index (χ0v) is 15.5. The van der Waals surface area contributed by atoms with Gasteiger partial charge < -0.3 is 19.5 Å². The zero-order chi connectivity index (χ0) is 18.5. The molecule has 1 aliphatic heterocycles. The van der Waals surface area contributed by atoms with Gasteiger partial charge in [-0.05, 0) is 49.6 Å². The van der Waals surface area contributed by atoms with Crippen LogP contribution in [-0.2, 0) is 4.79 Å². The van der Waals surface area contributed by atoms with Crippen LogP contribution < -0.4 is 19.5 Å². The Morgan fingerprint density at radius 2 is 1.88 bits per heavy atom. The third-order valence-electron chi connectivity index (χ3n) is 4.45. The molecule has 0 aliphatic carbocycles. The summed E-state index contributed by atoms with van der Waals surface area (Å²) in [4.78, 5) is 12.7. The summed E-state index contributed by atoms with van der Waals surface area (Å²) in [5.41, 5.74) is 1.98. The normalized spacial score (nSPS) is 15.0. The smallest absolute Gasteiger partial charge is 0.261 e. The molecule has 2 atom stereocenters. The van der Waals surface area contributed by atoms with E-state index in [9.17, 15) is 4.79 Å². The van der Waals surface area contributed by atoms with E-state index in [2.05, 4.69) is 5.32 Å². The SMILES string of the molecule is CC[C@H](Oc1ccccc1C)C(=O)N[C@H](C)c1ccc2c(c1)OCCO2. The lowest BCUT2D eigenvalue weighted by molar-refractivity contribution is -0.128. The Kier molecular flexibility index (Phi) is 5.66. The van der Waals surface area contributed by atoms with Crippen LogP contribution in [0.3, 0.4) is 0 Å². The lowest BCUT2D eigenvalue weighted by Gasteiger charge is -2.23. The molecule has 0 saturated carbocycles. The summed E-state index contributed by atoms with van der Waals surface area (Å²) >= 11 is 0. The Hall–Kier alpha value is -2.69. The Morgan fingerprint density at radius 1 is 1.15 bits per heavy atom. The average Bonchev–Trinajstić information content (AvgIpc) is 2.66. The molecule has 0 unspecified atom stereocenters. The number of rotatable bonds is 6. The predicted octanol–water partition coefficient (Wildman–Crippen LogP) is 3.80. The minimum absolute atomic E-state index is 0.127. The van der Waals surface area contributed by atoms with Crippen molar-refractivity contribution in [1.29, 1.82) is 0 Å². The molecule has 138 valence electrons. The van der Waals surface area contributed by atoms with E-state index in [0.29, 0.717) is 19.6 Å². The molecule has 3 rings (SSSR count). The molecule has 5 nitrogen and oxygen atoms in total. The highest BCUT2D eigenvalue weighted by atomic mass is 16.6. The second kappa shape index (κ2) is 8.13. The molecule has 2 aromatic carbocycles. The summed E-state index contributed by atoms with van der Waals surface area (Å²) in [7, 11) is 0. The first kappa shape index (κ1) is 18.1. The average molecular weight is 355 g/mol. The number of amides is 1. The van der Waals surface area contributed by atoms with Crippen LogP contribution in [0.5, 0.6) is 17.2 Å². The predicted molar refractivity (Wildman–Crippen MR) is 99.9 cm³/mol. The number of fused-ring (bicyclic) bond motifs is 1. The van der Waals surface area contributed by atoms with E-state index in [1.807, 2.05) is 63.2 Å². The second-order valence-electron chi connectivity index (χ2n) is 6.41. The molecular weight excluding hydrogens is 330 g/mol. The maximum atomic E-state index is 12.7. The molecule has 0 fully saturated rings. The van der Waals surface area contributed by atoms with Gasteiger partial charge in [0, 0.05) is 0 Å². The number of aryl methyl sites for hydroxylation is 1. The van der Waals surface area contributed by atoms with Crippen LogP contribution in [0.1, 0.15) is 37.4 Å². The van der Waals surface area contributed by atoms with Crippen molar-refractivity contribution in [2.75, 3.05) is 13.2 Å². The highest BCUT2D eigenvalue weighted by Crippen LogP contribution is 2.32. The summed E-state index contributed by atoms with van der Waals surface area (Å²) in [6.45, 7) is 6.96. The molecule has 0 spiro atoms. The maximum Gasteiger partial charge on any atom is 0.261 e. The monoisotopic (exact) mass is 355 g/mol. The molecule has 26 heavy (non-hydrogen) atoms. The van der Waals surface area contributed by atoms with Crippen molar-refractivity contribution < 1.29 is 19.0 Å². The quantitative estimate of drug-likeness (QED) is 0.856. The summed E-state index contributed by atoms with van der Waals surface area (Å²) in [5.74, 6) is 2.07. The first-order chi connectivity index (χ1) is 12.6. The van der Waals surface area contributed by atoms with E-state index in [1.54, 1.807) is 0 Å². The number of benzene rings is 2. The standard InChI is InChI=1S/C21H25NO4/c1-4-17(26-18-8-6-5-7-14(18)2)21(23)22-15(3)16-9-10-19-20(13-16)25-12-11-24-19/h5-10,13,15,17H,4,11-12H2,1-3H3,(H,22,23)/t15-,17+/m1/s1. The van der Waals surface area contributed by atoms with Crippen LogP contribution in [0.4, 0.5) is 0 Å². The summed E-state index contributed by atoms with van der Waals surface area (Å²) in [6, 6.07) is 13.3. The van der Waals surface area contributed by atoms with Gasteiger partial charge in [0.05, 0.1) is 6.04 Å². The van der Waals surface area contributed by atoms with Crippen molar-refractivity contribution in [3.63, 3.8) is 0 Å². The van der Waals surface area contributed by atoms with E-state index < -0.39 is 6.10 Å². The van der Waals surface area contributed by atoms with Gasteiger partial charge in [-0.15, -0.1) is 0 Å². The minimum Gasteiger partial charge on any atom is -0.486 e. The molecule has 0 aromatic heterocycles. The lowest BCUT2D eigenvalue weighted by atomic mass is 10.1. The highest BCUT2D eigenvalue weighted by molar-refractivity contribution is 5.81. The first-order valence-electron chi connectivity index (χ1n) is 9.00. The van der Waals surface area contributed by atoms with Crippen LogP contribution in [0.2, 0.25) is 0 Å². The van der Waals surface area contributed by atoms with Crippen LogP contribution in [0.25, 0.3) is 0 Å². The second-order valence-corrected chi connectivity index (χ2v) is 6.41. The van der Waals surface area contributed by atoms with E-state index in [-0.39, 0.29) is 11.9 Å². The van der Waals surface area contributed by atoms with Gasteiger partial charge in [-0.2, -0.15) is 0 Å². The van der Waals surface area contributed by atoms with E-state index >= 15 is 0 Å². The third kappa shape index (κ3) is 4.10. The third-order valence-corrected chi connectivity index (χ3v) is 4.45. The van der Waals surface area contributed by atoms with Crippen LogP contribution >= 0.6 is 0 Å². The van der Waals surface area contributed by atoms with Crippen molar-refractivity contribution in [2.24, 2.45) is 0 Å². The number of para-hydroxylation sites is 1. The maximum absolute atomic E-state index is 12.7. The first-order valence-corrected chi connectivity index (χ1v) is 9.00. The van der Waals surface area contributed by atoms with Crippen molar-refractivity contribution in [3.8, 4) is 17.2 Å². The fraction of sp³-hybridized carbons (Fsp3) is 0.381. The molecule has 0 saturated heterocycles. The summed E-state index contributed by atoms with van der Waals surface area (Å²) < 4.78 is 17.1. The van der Waals surface area contributed by atoms with Gasteiger partial charge in [0.15, 0.2) is 17.6 Å². The van der Waals surface area contributed by atoms with E-state index in [1.165, 1.54) is 0 Å². The van der Waals surface area contributed by atoms with Crippen LogP contribution in [-0.4, -0.2) is 25.2 Å². The molecule has 1 N–H and O–H groups in total.